The summed E-state index contributed by atoms with van der Waals surface area (Å²) >= 11 is 1.50. The molecule has 2 amide bonds. The first-order chi connectivity index (χ1) is 13.1. The Morgan fingerprint density at radius 1 is 1.00 bits per heavy atom. The number of phenols is 1. The maximum absolute atomic E-state index is 12.5. The molecule has 0 atom stereocenters. The highest BCUT2D eigenvalue weighted by Gasteiger charge is 2.20. The summed E-state index contributed by atoms with van der Waals surface area (Å²) in [5.41, 5.74) is 2.60. The van der Waals surface area contributed by atoms with E-state index >= 15 is 0 Å². The second-order valence-corrected chi connectivity index (χ2v) is 7.20. The average Bonchev–Trinajstić information content (AvgIpc) is 2.82. The highest BCUT2D eigenvalue weighted by molar-refractivity contribution is 7.99. The zero-order valence-electron chi connectivity index (χ0n) is 14.2. The van der Waals surface area contributed by atoms with Gasteiger partial charge in [0, 0.05) is 21.9 Å². The molecule has 4 rings (SSSR count). The summed E-state index contributed by atoms with van der Waals surface area (Å²) in [6.07, 6.45) is 0. The van der Waals surface area contributed by atoms with Gasteiger partial charge in [-0.2, -0.15) is 0 Å². The number of rotatable bonds is 3. The molecule has 1 aliphatic heterocycles. The van der Waals surface area contributed by atoms with Crippen molar-refractivity contribution in [3.63, 3.8) is 0 Å². The first-order valence-electron chi connectivity index (χ1n) is 8.38. The number of carbonyl (C=O) groups excluding carboxylic acids is 2. The molecule has 0 saturated heterocycles. The van der Waals surface area contributed by atoms with Crippen LogP contribution in [-0.4, -0.2) is 16.9 Å². The number of fused-ring (bicyclic) bond motifs is 2. The van der Waals surface area contributed by atoms with E-state index in [1.165, 1.54) is 11.8 Å². The van der Waals surface area contributed by atoms with Crippen LogP contribution in [-0.2, 0) is 6.54 Å². The Kier molecular flexibility index (Phi) is 4.56. The zero-order valence-corrected chi connectivity index (χ0v) is 15.0. The molecule has 0 saturated carbocycles. The van der Waals surface area contributed by atoms with Crippen LogP contribution in [0.5, 0.6) is 5.75 Å². The molecule has 3 N–H and O–H groups in total. The first kappa shape index (κ1) is 17.2. The van der Waals surface area contributed by atoms with Gasteiger partial charge in [0.05, 0.1) is 11.3 Å². The second-order valence-electron chi connectivity index (χ2n) is 6.11. The number of hydrogen-bond donors (Lipinski definition) is 3. The van der Waals surface area contributed by atoms with Crippen molar-refractivity contribution in [2.45, 2.75) is 16.3 Å². The highest BCUT2D eigenvalue weighted by Crippen LogP contribution is 2.38. The molecule has 3 aromatic carbocycles. The standard InChI is InChI=1S/C21H16N2O3S/c24-15-8-5-13(6-9-15)12-22-20(25)14-7-10-19-17(11-14)23-21(26)16-3-1-2-4-18(16)27-19/h1-11,24H,12H2,(H,22,25)(H,23,26). The summed E-state index contributed by atoms with van der Waals surface area (Å²) in [4.78, 5) is 26.7. The van der Waals surface area contributed by atoms with Crippen LogP contribution >= 0.6 is 11.8 Å². The summed E-state index contributed by atoms with van der Waals surface area (Å²) in [6, 6.07) is 19.4. The minimum Gasteiger partial charge on any atom is -0.508 e. The van der Waals surface area contributed by atoms with E-state index in [-0.39, 0.29) is 17.6 Å². The average molecular weight is 376 g/mol. The third-order valence-electron chi connectivity index (χ3n) is 4.23. The van der Waals surface area contributed by atoms with Crippen LogP contribution in [0.4, 0.5) is 5.69 Å². The van der Waals surface area contributed by atoms with Crippen LogP contribution in [0.3, 0.4) is 0 Å². The molecule has 0 fully saturated rings. The Hall–Kier alpha value is -3.25. The maximum atomic E-state index is 12.5. The molecule has 0 aromatic heterocycles. The number of aromatic hydroxyl groups is 1. The monoisotopic (exact) mass is 376 g/mol. The number of hydrogen-bond acceptors (Lipinski definition) is 4. The number of anilines is 1. The van der Waals surface area contributed by atoms with Crippen molar-refractivity contribution >= 4 is 29.3 Å². The molecular weight excluding hydrogens is 360 g/mol. The number of benzene rings is 3. The van der Waals surface area contributed by atoms with Crippen molar-refractivity contribution < 1.29 is 14.7 Å². The van der Waals surface area contributed by atoms with Gasteiger partial charge in [-0.25, -0.2) is 0 Å². The molecule has 0 bridgehead atoms. The van der Waals surface area contributed by atoms with Gasteiger partial charge in [0.1, 0.15) is 5.75 Å². The van der Waals surface area contributed by atoms with E-state index in [2.05, 4.69) is 10.6 Å². The van der Waals surface area contributed by atoms with Gasteiger partial charge in [-0.1, -0.05) is 36.0 Å². The molecule has 6 heteroatoms. The van der Waals surface area contributed by atoms with Crippen molar-refractivity contribution in [3.8, 4) is 5.75 Å². The molecule has 1 heterocycles. The summed E-state index contributed by atoms with van der Waals surface area (Å²) in [7, 11) is 0. The molecule has 0 aliphatic carbocycles. The van der Waals surface area contributed by atoms with Crippen LogP contribution < -0.4 is 10.6 Å². The number of phenolic OH excluding ortho intramolecular Hbond substituents is 1. The fourth-order valence-electron chi connectivity index (χ4n) is 2.81. The van der Waals surface area contributed by atoms with Crippen molar-refractivity contribution in [1.82, 2.24) is 5.32 Å². The van der Waals surface area contributed by atoms with Gasteiger partial charge in [-0.3, -0.25) is 9.59 Å². The minimum atomic E-state index is -0.230. The molecule has 27 heavy (non-hydrogen) atoms. The van der Waals surface area contributed by atoms with Crippen molar-refractivity contribution in [2.75, 3.05) is 5.32 Å². The van der Waals surface area contributed by atoms with Crippen LogP contribution in [0.15, 0.2) is 76.5 Å². The van der Waals surface area contributed by atoms with Gasteiger partial charge >= 0.3 is 0 Å². The van der Waals surface area contributed by atoms with E-state index in [1.54, 1.807) is 42.5 Å². The quantitative estimate of drug-likeness (QED) is 0.645. The second kappa shape index (κ2) is 7.17. The largest absolute Gasteiger partial charge is 0.508 e. The zero-order chi connectivity index (χ0) is 18.8. The third-order valence-corrected chi connectivity index (χ3v) is 5.38. The lowest BCUT2D eigenvalue weighted by atomic mass is 10.1. The predicted molar refractivity (Wildman–Crippen MR) is 104 cm³/mol. The SMILES string of the molecule is O=C(NCc1ccc(O)cc1)c1ccc2c(c1)NC(=O)c1ccccc1S2. The normalized spacial score (nSPS) is 12.4. The fraction of sp³-hybridized carbons (Fsp3) is 0.0476. The maximum Gasteiger partial charge on any atom is 0.256 e. The lowest BCUT2D eigenvalue weighted by Crippen LogP contribution is -2.23. The number of carbonyl (C=O) groups is 2. The first-order valence-corrected chi connectivity index (χ1v) is 9.20. The van der Waals surface area contributed by atoms with Crippen LogP contribution in [0.2, 0.25) is 0 Å². The van der Waals surface area contributed by atoms with Crippen LogP contribution in [0.25, 0.3) is 0 Å². The van der Waals surface area contributed by atoms with Gasteiger partial charge in [-0.15, -0.1) is 0 Å². The van der Waals surface area contributed by atoms with Gasteiger partial charge in [-0.05, 0) is 48.0 Å². The Morgan fingerprint density at radius 2 is 1.78 bits per heavy atom. The van der Waals surface area contributed by atoms with Gasteiger partial charge in [0.2, 0.25) is 0 Å². The summed E-state index contributed by atoms with van der Waals surface area (Å²) in [5, 5.41) is 15.0. The Labute approximate surface area is 160 Å². The van der Waals surface area contributed by atoms with Gasteiger partial charge in [0.15, 0.2) is 0 Å². The third kappa shape index (κ3) is 3.66. The van der Waals surface area contributed by atoms with Crippen LogP contribution in [0.1, 0.15) is 26.3 Å². The molecule has 3 aromatic rings. The molecule has 0 unspecified atom stereocenters. The van der Waals surface area contributed by atoms with Crippen molar-refractivity contribution in [2.24, 2.45) is 0 Å². The summed E-state index contributed by atoms with van der Waals surface area (Å²) < 4.78 is 0. The molecule has 5 nitrogen and oxygen atoms in total. The highest BCUT2D eigenvalue weighted by atomic mass is 32.2. The lowest BCUT2D eigenvalue weighted by Gasteiger charge is -2.10. The molecule has 134 valence electrons. The van der Waals surface area contributed by atoms with E-state index in [1.807, 2.05) is 24.3 Å². The number of nitrogens with one attached hydrogen (secondary N) is 2. The number of amides is 2. The van der Waals surface area contributed by atoms with Crippen molar-refractivity contribution in [1.29, 1.82) is 0 Å². The van der Waals surface area contributed by atoms with E-state index < -0.39 is 0 Å². The Bertz CT molecular complexity index is 1030. The lowest BCUT2D eigenvalue weighted by molar-refractivity contribution is 0.0949. The predicted octanol–water partition coefficient (Wildman–Crippen LogP) is 4.04. The Balaban J connectivity index is 1.53. The van der Waals surface area contributed by atoms with Gasteiger partial charge in [0.25, 0.3) is 11.8 Å². The minimum absolute atomic E-state index is 0.182. The molecular formula is C21H16N2O3S. The molecule has 0 radical (unpaired) electrons. The Morgan fingerprint density at radius 3 is 2.59 bits per heavy atom. The molecule has 0 spiro atoms. The topological polar surface area (TPSA) is 78.4 Å². The van der Waals surface area contributed by atoms with E-state index in [0.29, 0.717) is 23.4 Å². The fourth-order valence-corrected chi connectivity index (χ4v) is 3.82. The van der Waals surface area contributed by atoms with E-state index in [4.69, 9.17) is 0 Å². The van der Waals surface area contributed by atoms with E-state index in [0.717, 1.165) is 15.4 Å². The van der Waals surface area contributed by atoms with Crippen LogP contribution in [0, 0.1) is 0 Å². The molecule has 1 aliphatic rings. The van der Waals surface area contributed by atoms with Crippen molar-refractivity contribution in [3.05, 3.63) is 83.4 Å². The van der Waals surface area contributed by atoms with E-state index in [9.17, 15) is 14.7 Å². The smallest absolute Gasteiger partial charge is 0.256 e. The van der Waals surface area contributed by atoms with Gasteiger partial charge < -0.3 is 15.7 Å². The summed E-state index contributed by atoms with van der Waals surface area (Å²) in [5.74, 6) is -0.226. The summed E-state index contributed by atoms with van der Waals surface area (Å²) in [6.45, 7) is 0.350.